The van der Waals surface area contributed by atoms with Crippen molar-refractivity contribution in [3.05, 3.63) is 46.2 Å². The number of fused-ring (bicyclic) bond motifs is 2. The minimum Gasteiger partial charge on any atom is -0.490 e. The molecule has 3 nitrogen and oxygen atoms in total. The third kappa shape index (κ3) is 2.41. The minimum atomic E-state index is -0.619. The van der Waals surface area contributed by atoms with Gasteiger partial charge in [-0.25, -0.2) is 0 Å². The molecule has 5 heteroatoms. The molecule has 1 N–H and O–H groups in total. The van der Waals surface area contributed by atoms with E-state index < -0.39 is 6.10 Å². The summed E-state index contributed by atoms with van der Waals surface area (Å²) in [6, 6.07) is 9.84. The maximum atomic E-state index is 10.6. The van der Waals surface area contributed by atoms with E-state index in [2.05, 4.69) is 17.5 Å². The number of hydrogen-bond donors (Lipinski definition) is 1. The molecule has 21 heavy (non-hydrogen) atoms. The van der Waals surface area contributed by atoms with Crippen LogP contribution in [0.1, 0.15) is 23.0 Å². The number of hydrogen-bond acceptors (Lipinski definition) is 5. The molecule has 1 unspecified atom stereocenters. The van der Waals surface area contributed by atoms with Crippen LogP contribution in [-0.4, -0.2) is 18.3 Å². The molecule has 1 aliphatic rings. The van der Waals surface area contributed by atoms with Crippen LogP contribution in [0.3, 0.4) is 0 Å². The summed E-state index contributed by atoms with van der Waals surface area (Å²) in [7, 11) is 0. The van der Waals surface area contributed by atoms with Gasteiger partial charge in [0.25, 0.3) is 0 Å². The van der Waals surface area contributed by atoms with E-state index in [-0.39, 0.29) is 0 Å². The highest BCUT2D eigenvalue weighted by Gasteiger charge is 2.18. The van der Waals surface area contributed by atoms with Gasteiger partial charge in [0.1, 0.15) is 6.10 Å². The second kappa shape index (κ2) is 5.33. The lowest BCUT2D eigenvalue weighted by Gasteiger charge is -2.13. The van der Waals surface area contributed by atoms with Crippen LogP contribution >= 0.6 is 22.7 Å². The normalized spacial score (nSPS) is 15.9. The number of ether oxygens (including phenoxy) is 2. The molecule has 1 atom stereocenters. The van der Waals surface area contributed by atoms with Gasteiger partial charge in [-0.05, 0) is 35.2 Å². The number of aliphatic hydroxyl groups excluding tert-OH is 1. The summed E-state index contributed by atoms with van der Waals surface area (Å²) < 4.78 is 13.8. The highest BCUT2D eigenvalue weighted by Crippen LogP contribution is 2.38. The fourth-order valence-electron chi connectivity index (χ4n) is 2.43. The second-order valence-electron chi connectivity index (χ2n) is 4.96. The van der Waals surface area contributed by atoms with E-state index in [0.29, 0.717) is 13.2 Å². The molecule has 0 spiro atoms. The molecule has 0 amide bonds. The molecule has 0 radical (unpaired) electrons. The van der Waals surface area contributed by atoms with Gasteiger partial charge in [0.2, 0.25) is 0 Å². The third-order valence-corrected chi connectivity index (χ3v) is 5.66. The predicted molar refractivity (Wildman–Crippen MR) is 85.8 cm³/mol. The van der Waals surface area contributed by atoms with Crippen LogP contribution in [0.15, 0.2) is 35.7 Å². The number of rotatable bonds is 2. The summed E-state index contributed by atoms with van der Waals surface area (Å²) in [5.41, 5.74) is 0.841. The molecular formula is C16H14O3S2. The van der Waals surface area contributed by atoms with Gasteiger partial charge < -0.3 is 14.6 Å². The molecule has 1 aliphatic heterocycles. The van der Waals surface area contributed by atoms with Crippen molar-refractivity contribution >= 4 is 32.1 Å². The van der Waals surface area contributed by atoms with E-state index >= 15 is 0 Å². The van der Waals surface area contributed by atoms with Gasteiger partial charge in [-0.15, -0.1) is 22.7 Å². The summed E-state index contributed by atoms with van der Waals surface area (Å²) in [4.78, 5) is 0.964. The monoisotopic (exact) mass is 318 g/mol. The first kappa shape index (κ1) is 13.1. The van der Waals surface area contributed by atoms with Crippen LogP contribution in [-0.2, 0) is 0 Å². The molecule has 0 aliphatic carbocycles. The van der Waals surface area contributed by atoms with Crippen LogP contribution in [0.4, 0.5) is 0 Å². The first-order valence-corrected chi connectivity index (χ1v) is 8.55. The quantitative estimate of drug-likeness (QED) is 0.769. The van der Waals surface area contributed by atoms with Gasteiger partial charge in [0, 0.05) is 20.7 Å². The molecule has 3 heterocycles. The third-order valence-electron chi connectivity index (χ3n) is 3.52. The Labute approximate surface area is 130 Å². The van der Waals surface area contributed by atoms with Crippen molar-refractivity contribution in [3.63, 3.8) is 0 Å². The van der Waals surface area contributed by atoms with Crippen molar-refractivity contribution in [2.45, 2.75) is 12.5 Å². The van der Waals surface area contributed by atoms with Crippen LogP contribution in [0, 0.1) is 0 Å². The topological polar surface area (TPSA) is 38.7 Å². The number of benzene rings is 1. The molecule has 3 aromatic rings. The fourth-order valence-corrected chi connectivity index (χ4v) is 4.57. The average Bonchev–Trinajstić information content (AvgIpc) is 3.00. The van der Waals surface area contributed by atoms with Crippen molar-refractivity contribution in [3.8, 4) is 11.5 Å². The SMILES string of the molecule is OC(c1ccc2c(c1)OCCCO2)c1cc2sccc2s1. The Kier molecular flexibility index (Phi) is 3.33. The van der Waals surface area contributed by atoms with Gasteiger partial charge in [0.05, 0.1) is 13.2 Å². The van der Waals surface area contributed by atoms with Gasteiger partial charge in [-0.1, -0.05) is 6.07 Å². The predicted octanol–water partition coefficient (Wildman–Crippen LogP) is 4.21. The van der Waals surface area contributed by atoms with E-state index in [0.717, 1.165) is 28.4 Å². The Morgan fingerprint density at radius 1 is 1.00 bits per heavy atom. The molecule has 0 bridgehead atoms. The van der Waals surface area contributed by atoms with E-state index in [1.54, 1.807) is 22.7 Å². The maximum Gasteiger partial charge on any atom is 0.161 e. The van der Waals surface area contributed by atoms with Gasteiger partial charge in [0.15, 0.2) is 11.5 Å². The van der Waals surface area contributed by atoms with Crippen LogP contribution in [0.25, 0.3) is 9.40 Å². The molecule has 0 saturated carbocycles. The first-order valence-electron chi connectivity index (χ1n) is 6.86. The van der Waals surface area contributed by atoms with E-state index in [9.17, 15) is 5.11 Å². The van der Waals surface area contributed by atoms with Gasteiger partial charge >= 0.3 is 0 Å². The molecule has 2 aromatic heterocycles. The molecule has 4 rings (SSSR count). The number of thiophene rings is 2. The van der Waals surface area contributed by atoms with Crippen molar-refractivity contribution in [1.29, 1.82) is 0 Å². The lowest BCUT2D eigenvalue weighted by atomic mass is 10.1. The fraction of sp³-hybridized carbons (Fsp3) is 0.250. The number of aliphatic hydroxyl groups is 1. The molecule has 0 saturated heterocycles. The lowest BCUT2D eigenvalue weighted by Crippen LogP contribution is -1.99. The zero-order chi connectivity index (χ0) is 14.2. The van der Waals surface area contributed by atoms with Crippen molar-refractivity contribution in [1.82, 2.24) is 0 Å². The van der Waals surface area contributed by atoms with Crippen molar-refractivity contribution < 1.29 is 14.6 Å². The Morgan fingerprint density at radius 3 is 2.71 bits per heavy atom. The average molecular weight is 318 g/mol. The van der Waals surface area contributed by atoms with E-state index in [4.69, 9.17) is 9.47 Å². The highest BCUT2D eigenvalue weighted by molar-refractivity contribution is 7.26. The van der Waals surface area contributed by atoms with Crippen LogP contribution < -0.4 is 9.47 Å². The van der Waals surface area contributed by atoms with Crippen molar-refractivity contribution in [2.75, 3.05) is 13.2 Å². The standard InChI is InChI=1S/C16H14O3S2/c17-16(15-9-14-13(21-15)4-7-20-14)10-2-3-11-12(8-10)19-6-1-5-18-11/h2-4,7-9,16-17H,1,5-6H2. The Morgan fingerprint density at radius 2 is 1.86 bits per heavy atom. The zero-order valence-electron chi connectivity index (χ0n) is 11.2. The van der Waals surface area contributed by atoms with Gasteiger partial charge in [-0.3, -0.25) is 0 Å². The van der Waals surface area contributed by atoms with Crippen LogP contribution in [0.5, 0.6) is 11.5 Å². The van der Waals surface area contributed by atoms with Crippen LogP contribution in [0.2, 0.25) is 0 Å². The molecule has 0 fully saturated rings. The van der Waals surface area contributed by atoms with Gasteiger partial charge in [-0.2, -0.15) is 0 Å². The zero-order valence-corrected chi connectivity index (χ0v) is 12.9. The molecule has 1 aromatic carbocycles. The largest absolute Gasteiger partial charge is 0.490 e. The Bertz CT molecular complexity index is 746. The first-order chi connectivity index (χ1) is 10.3. The van der Waals surface area contributed by atoms with E-state index in [1.165, 1.54) is 9.40 Å². The Balaban J connectivity index is 1.68. The summed E-state index contributed by atoms with van der Waals surface area (Å²) in [6.45, 7) is 1.33. The lowest BCUT2D eigenvalue weighted by molar-refractivity contribution is 0.223. The summed E-state index contributed by atoms with van der Waals surface area (Å²) >= 11 is 3.34. The Hall–Kier alpha value is -1.56. The molecular weight excluding hydrogens is 304 g/mol. The summed E-state index contributed by atoms with van der Waals surface area (Å²) in [5, 5.41) is 12.7. The second-order valence-corrected chi connectivity index (χ2v) is 7.02. The summed E-state index contributed by atoms with van der Waals surface area (Å²) in [5.74, 6) is 1.48. The smallest absolute Gasteiger partial charge is 0.161 e. The van der Waals surface area contributed by atoms with E-state index in [1.807, 2.05) is 18.2 Å². The minimum absolute atomic E-state index is 0.619. The molecule has 108 valence electrons. The highest BCUT2D eigenvalue weighted by atomic mass is 32.1. The summed E-state index contributed by atoms with van der Waals surface area (Å²) in [6.07, 6.45) is 0.264. The van der Waals surface area contributed by atoms with Crippen molar-refractivity contribution in [2.24, 2.45) is 0 Å². The maximum absolute atomic E-state index is 10.6.